The summed E-state index contributed by atoms with van der Waals surface area (Å²) in [7, 11) is -2.53. The largest absolute Gasteiger partial charge is 0.497 e. The number of pyridine rings is 1. The van der Waals surface area contributed by atoms with Gasteiger partial charge in [0.1, 0.15) is 17.4 Å². The number of nitrogens with zero attached hydrogens (tertiary/aromatic N) is 3. The van der Waals surface area contributed by atoms with Crippen LogP contribution in [-0.4, -0.2) is 39.2 Å². The van der Waals surface area contributed by atoms with Gasteiger partial charge in [0.05, 0.1) is 34.4 Å². The minimum absolute atomic E-state index is 0.0203. The molecule has 0 atom stereocenters. The SMILES string of the molecule is COc1ccc2cc(/C=N/NC(=O)CN(c3ccccc3Cl)S(=O)(=O)c3ccccc3)c(Cl)nc2c1. The standard InChI is InChI=1S/C25H20Cl2N4O4S/c1-35-19-12-11-17-13-18(25(27)29-22(17)14-19)15-28-30-24(32)16-31(23-10-6-5-9-21(23)26)36(33,34)20-7-3-2-4-8-20/h2-15H,16H2,1H3,(H,30,32)/b28-15+. The lowest BCUT2D eigenvalue weighted by Gasteiger charge is -2.24. The molecule has 0 bridgehead atoms. The topological polar surface area (TPSA) is 101 Å². The lowest BCUT2D eigenvalue weighted by molar-refractivity contribution is -0.119. The molecule has 36 heavy (non-hydrogen) atoms. The number of hydrogen-bond donors (Lipinski definition) is 1. The fourth-order valence-electron chi connectivity index (χ4n) is 3.37. The summed E-state index contributed by atoms with van der Waals surface area (Å²) in [6.45, 7) is -0.554. The van der Waals surface area contributed by atoms with Gasteiger partial charge in [0.2, 0.25) is 0 Å². The molecule has 0 saturated heterocycles. The predicted octanol–water partition coefficient (Wildman–Crippen LogP) is 4.90. The summed E-state index contributed by atoms with van der Waals surface area (Å²) in [4.78, 5) is 17.1. The van der Waals surface area contributed by atoms with E-state index in [0.29, 0.717) is 16.8 Å². The number of carbonyl (C=O) groups is 1. The number of anilines is 1. The minimum Gasteiger partial charge on any atom is -0.497 e. The number of fused-ring (bicyclic) bond motifs is 1. The number of rotatable bonds is 8. The molecule has 0 saturated carbocycles. The molecule has 184 valence electrons. The second-order valence-electron chi connectivity index (χ2n) is 7.50. The van der Waals surface area contributed by atoms with Gasteiger partial charge in [-0.1, -0.05) is 53.5 Å². The van der Waals surface area contributed by atoms with Crippen LogP contribution in [0.5, 0.6) is 5.75 Å². The molecule has 0 radical (unpaired) electrons. The van der Waals surface area contributed by atoms with Gasteiger partial charge in [0.25, 0.3) is 15.9 Å². The Bertz CT molecular complexity index is 1550. The van der Waals surface area contributed by atoms with E-state index in [0.717, 1.165) is 9.69 Å². The van der Waals surface area contributed by atoms with Gasteiger partial charge < -0.3 is 4.74 Å². The van der Waals surface area contributed by atoms with Gasteiger partial charge in [-0.25, -0.2) is 18.8 Å². The van der Waals surface area contributed by atoms with Crippen LogP contribution in [0.3, 0.4) is 0 Å². The quantitative estimate of drug-likeness (QED) is 0.194. The van der Waals surface area contributed by atoms with Gasteiger partial charge in [0, 0.05) is 17.0 Å². The van der Waals surface area contributed by atoms with Crippen LogP contribution >= 0.6 is 23.2 Å². The number of sulfonamides is 1. The Balaban J connectivity index is 1.56. The summed E-state index contributed by atoms with van der Waals surface area (Å²) in [6, 6.07) is 21.3. The van der Waals surface area contributed by atoms with Crippen molar-refractivity contribution in [2.45, 2.75) is 4.90 Å². The zero-order valence-corrected chi connectivity index (χ0v) is 21.3. The molecule has 1 amide bonds. The predicted molar refractivity (Wildman–Crippen MR) is 141 cm³/mol. The maximum atomic E-state index is 13.3. The number of carbonyl (C=O) groups excluding carboxylic acids is 1. The maximum Gasteiger partial charge on any atom is 0.264 e. The van der Waals surface area contributed by atoms with Crippen molar-refractivity contribution in [3.05, 3.63) is 94.6 Å². The van der Waals surface area contributed by atoms with Crippen LogP contribution in [-0.2, 0) is 14.8 Å². The number of hydrazone groups is 1. The Labute approximate surface area is 218 Å². The molecule has 8 nitrogen and oxygen atoms in total. The summed E-state index contributed by atoms with van der Waals surface area (Å²) in [5.74, 6) is -0.0337. The number of halogens is 2. The first-order chi connectivity index (χ1) is 17.3. The zero-order chi connectivity index (χ0) is 25.7. The molecule has 0 aliphatic heterocycles. The smallest absolute Gasteiger partial charge is 0.264 e. The number of ether oxygens (including phenoxy) is 1. The number of amides is 1. The first-order valence-corrected chi connectivity index (χ1v) is 12.8. The van der Waals surface area contributed by atoms with Gasteiger partial charge in [0.15, 0.2) is 0 Å². The normalized spacial score (nSPS) is 11.5. The van der Waals surface area contributed by atoms with Crippen molar-refractivity contribution in [3.8, 4) is 5.75 Å². The molecule has 11 heteroatoms. The summed E-state index contributed by atoms with van der Waals surface area (Å²) in [5, 5.41) is 5.10. The van der Waals surface area contributed by atoms with Crippen LogP contribution in [0.4, 0.5) is 5.69 Å². The van der Waals surface area contributed by atoms with Crippen molar-refractivity contribution in [1.29, 1.82) is 0 Å². The maximum absolute atomic E-state index is 13.3. The molecule has 0 spiro atoms. The highest BCUT2D eigenvalue weighted by molar-refractivity contribution is 7.92. The summed E-state index contributed by atoms with van der Waals surface area (Å²) >= 11 is 12.5. The summed E-state index contributed by atoms with van der Waals surface area (Å²) in [5.41, 5.74) is 3.62. The van der Waals surface area contributed by atoms with E-state index in [-0.39, 0.29) is 20.8 Å². The Hall–Kier alpha value is -3.66. The van der Waals surface area contributed by atoms with E-state index in [9.17, 15) is 13.2 Å². The zero-order valence-electron chi connectivity index (χ0n) is 18.9. The number of hydrogen-bond acceptors (Lipinski definition) is 6. The van der Waals surface area contributed by atoms with E-state index in [1.807, 2.05) is 6.07 Å². The van der Waals surface area contributed by atoms with E-state index >= 15 is 0 Å². The van der Waals surface area contributed by atoms with Gasteiger partial charge in [-0.15, -0.1) is 0 Å². The van der Waals surface area contributed by atoms with Crippen molar-refractivity contribution < 1.29 is 17.9 Å². The molecular formula is C25H20Cl2N4O4S. The van der Waals surface area contributed by atoms with E-state index < -0.39 is 22.5 Å². The third-order valence-electron chi connectivity index (χ3n) is 5.14. The second kappa shape index (κ2) is 10.9. The van der Waals surface area contributed by atoms with Crippen molar-refractivity contribution >= 4 is 61.9 Å². The molecule has 0 fully saturated rings. The third kappa shape index (κ3) is 5.59. The molecule has 1 heterocycles. The van der Waals surface area contributed by atoms with Gasteiger partial charge >= 0.3 is 0 Å². The number of benzene rings is 3. The molecule has 0 aliphatic rings. The van der Waals surface area contributed by atoms with Crippen LogP contribution < -0.4 is 14.5 Å². The first kappa shape index (κ1) is 25.4. The van der Waals surface area contributed by atoms with E-state index in [1.165, 1.54) is 24.4 Å². The van der Waals surface area contributed by atoms with Crippen LogP contribution in [0.25, 0.3) is 10.9 Å². The van der Waals surface area contributed by atoms with Crippen molar-refractivity contribution in [2.75, 3.05) is 18.0 Å². The molecule has 1 aromatic heterocycles. The first-order valence-electron chi connectivity index (χ1n) is 10.6. The fraction of sp³-hybridized carbons (Fsp3) is 0.0800. The number of para-hydroxylation sites is 1. The number of methoxy groups -OCH3 is 1. The summed E-state index contributed by atoms with van der Waals surface area (Å²) < 4.78 is 32.8. The highest BCUT2D eigenvalue weighted by Gasteiger charge is 2.28. The Kier molecular flexibility index (Phi) is 7.73. The lowest BCUT2D eigenvalue weighted by Crippen LogP contribution is -2.39. The van der Waals surface area contributed by atoms with Crippen molar-refractivity contribution in [2.24, 2.45) is 5.10 Å². The molecule has 1 N–H and O–H groups in total. The monoisotopic (exact) mass is 542 g/mol. The molecule has 4 rings (SSSR count). The number of nitrogens with one attached hydrogen (secondary N) is 1. The fourth-order valence-corrected chi connectivity index (χ4v) is 5.31. The third-order valence-corrected chi connectivity index (χ3v) is 7.53. The molecule has 3 aromatic carbocycles. The van der Waals surface area contributed by atoms with E-state index in [2.05, 4.69) is 15.5 Å². The highest BCUT2D eigenvalue weighted by atomic mass is 35.5. The van der Waals surface area contributed by atoms with Gasteiger partial charge in [-0.05, 0) is 42.5 Å². The second-order valence-corrected chi connectivity index (χ2v) is 10.1. The van der Waals surface area contributed by atoms with Crippen molar-refractivity contribution in [3.63, 3.8) is 0 Å². The Morgan fingerprint density at radius 3 is 2.50 bits per heavy atom. The van der Waals surface area contributed by atoms with E-state index in [4.69, 9.17) is 27.9 Å². The average molecular weight is 543 g/mol. The van der Waals surface area contributed by atoms with Crippen LogP contribution in [0, 0.1) is 0 Å². The molecule has 4 aromatic rings. The summed E-state index contributed by atoms with van der Waals surface area (Å²) in [6.07, 6.45) is 1.34. The van der Waals surface area contributed by atoms with Crippen LogP contribution in [0.2, 0.25) is 10.2 Å². The lowest BCUT2D eigenvalue weighted by atomic mass is 10.1. The van der Waals surface area contributed by atoms with Crippen LogP contribution in [0.1, 0.15) is 5.56 Å². The molecule has 0 aliphatic carbocycles. The van der Waals surface area contributed by atoms with Crippen molar-refractivity contribution in [1.82, 2.24) is 10.4 Å². The number of aromatic nitrogens is 1. The van der Waals surface area contributed by atoms with Gasteiger partial charge in [-0.2, -0.15) is 5.10 Å². The molecular weight excluding hydrogens is 523 g/mol. The minimum atomic E-state index is -4.09. The Morgan fingerprint density at radius 1 is 1.06 bits per heavy atom. The average Bonchev–Trinajstić information content (AvgIpc) is 2.88. The highest BCUT2D eigenvalue weighted by Crippen LogP contribution is 2.30. The molecule has 0 unspecified atom stereocenters. The Morgan fingerprint density at radius 2 is 1.78 bits per heavy atom. The van der Waals surface area contributed by atoms with Gasteiger partial charge in [-0.3, -0.25) is 9.10 Å². The van der Waals surface area contributed by atoms with E-state index in [1.54, 1.807) is 61.7 Å². The van der Waals surface area contributed by atoms with Crippen LogP contribution in [0.15, 0.2) is 88.9 Å².